The van der Waals surface area contributed by atoms with Crippen LogP contribution in [0.15, 0.2) is 31.0 Å². The second-order valence-corrected chi connectivity index (χ2v) is 4.58. The minimum atomic E-state index is -0.377. The molecule has 0 radical (unpaired) electrons. The van der Waals surface area contributed by atoms with Gasteiger partial charge in [-0.1, -0.05) is 13.0 Å². The summed E-state index contributed by atoms with van der Waals surface area (Å²) in [6.45, 7) is 5.63. The van der Waals surface area contributed by atoms with Crippen LogP contribution in [0.5, 0.6) is 0 Å². The molecule has 22 heavy (non-hydrogen) atoms. The summed E-state index contributed by atoms with van der Waals surface area (Å²) in [7, 11) is 1.51. The minimum Gasteiger partial charge on any atom is -0.344 e. The van der Waals surface area contributed by atoms with Crippen LogP contribution >= 0.6 is 0 Å². The molecule has 0 aliphatic heterocycles. The standard InChI is InChI=1S/C14H18N6O2/c1-4-9(5-2)16-13(21)10-6-7-12-17-11(8-20(12)19-10)18-14(22)15-3/h4,6-9H,1,5H2,2-3H3,(H,16,21)(H2,15,18,22). The highest BCUT2D eigenvalue weighted by Crippen LogP contribution is 2.09. The van der Waals surface area contributed by atoms with E-state index in [1.807, 2.05) is 6.92 Å². The summed E-state index contributed by atoms with van der Waals surface area (Å²) in [5.74, 6) is 0.0603. The molecule has 0 saturated carbocycles. The van der Waals surface area contributed by atoms with Gasteiger partial charge in [0.2, 0.25) is 0 Å². The largest absolute Gasteiger partial charge is 0.344 e. The highest BCUT2D eigenvalue weighted by atomic mass is 16.2. The molecule has 8 heteroatoms. The molecule has 8 nitrogen and oxygen atoms in total. The van der Waals surface area contributed by atoms with Gasteiger partial charge in [0.25, 0.3) is 5.91 Å². The number of imidazole rings is 1. The van der Waals surface area contributed by atoms with Crippen LogP contribution in [0.4, 0.5) is 10.6 Å². The van der Waals surface area contributed by atoms with E-state index in [9.17, 15) is 9.59 Å². The number of hydrogen-bond donors (Lipinski definition) is 3. The van der Waals surface area contributed by atoms with Gasteiger partial charge in [0.05, 0.1) is 6.20 Å². The SMILES string of the molecule is C=CC(CC)NC(=O)c1ccc2nc(NC(=O)NC)cn2n1. The molecule has 116 valence electrons. The number of carbonyl (C=O) groups excluding carboxylic acids is 2. The van der Waals surface area contributed by atoms with E-state index in [1.54, 1.807) is 18.2 Å². The van der Waals surface area contributed by atoms with Gasteiger partial charge in [-0.2, -0.15) is 5.10 Å². The third kappa shape index (κ3) is 3.40. The molecule has 0 fully saturated rings. The third-order valence-corrected chi connectivity index (χ3v) is 3.06. The van der Waals surface area contributed by atoms with E-state index in [1.165, 1.54) is 17.8 Å². The molecule has 2 aromatic heterocycles. The second-order valence-electron chi connectivity index (χ2n) is 4.58. The number of carbonyl (C=O) groups is 2. The molecule has 0 bridgehead atoms. The molecule has 3 N–H and O–H groups in total. The number of rotatable bonds is 5. The number of anilines is 1. The van der Waals surface area contributed by atoms with Gasteiger partial charge >= 0.3 is 6.03 Å². The van der Waals surface area contributed by atoms with Gasteiger partial charge in [-0.05, 0) is 18.6 Å². The smallest absolute Gasteiger partial charge is 0.320 e. The van der Waals surface area contributed by atoms with Crippen LogP contribution in [0.3, 0.4) is 0 Å². The van der Waals surface area contributed by atoms with Crippen molar-refractivity contribution in [1.82, 2.24) is 25.2 Å². The number of nitrogens with one attached hydrogen (secondary N) is 3. The van der Waals surface area contributed by atoms with Crippen LogP contribution in [0.1, 0.15) is 23.8 Å². The first-order valence-electron chi connectivity index (χ1n) is 6.86. The molecule has 0 aliphatic carbocycles. The first-order chi connectivity index (χ1) is 10.6. The minimum absolute atomic E-state index is 0.0988. The predicted octanol–water partition coefficient (Wildman–Crippen LogP) is 1.17. The summed E-state index contributed by atoms with van der Waals surface area (Å²) in [5, 5.41) is 12.0. The van der Waals surface area contributed by atoms with Gasteiger partial charge in [0.15, 0.2) is 11.5 Å². The van der Waals surface area contributed by atoms with Gasteiger partial charge < -0.3 is 10.6 Å². The molecule has 2 heterocycles. The number of amides is 3. The molecular weight excluding hydrogens is 284 g/mol. The lowest BCUT2D eigenvalue weighted by molar-refractivity contribution is 0.0937. The zero-order valence-electron chi connectivity index (χ0n) is 12.5. The number of urea groups is 1. The molecule has 2 aromatic rings. The Morgan fingerprint density at radius 1 is 1.45 bits per heavy atom. The Morgan fingerprint density at radius 2 is 2.23 bits per heavy atom. The van der Waals surface area contributed by atoms with E-state index < -0.39 is 0 Å². The number of aromatic nitrogens is 3. The molecule has 0 aromatic carbocycles. The summed E-state index contributed by atoms with van der Waals surface area (Å²) in [6, 6.07) is 2.76. The first-order valence-corrected chi connectivity index (χ1v) is 6.86. The Kier molecular flexibility index (Phi) is 4.72. The maximum Gasteiger partial charge on any atom is 0.320 e. The normalized spacial score (nSPS) is 11.7. The van der Waals surface area contributed by atoms with E-state index >= 15 is 0 Å². The van der Waals surface area contributed by atoms with Crippen LogP contribution in [0.2, 0.25) is 0 Å². The van der Waals surface area contributed by atoms with Crippen molar-refractivity contribution in [2.24, 2.45) is 0 Å². The topological polar surface area (TPSA) is 100 Å². The van der Waals surface area contributed by atoms with E-state index in [2.05, 4.69) is 32.6 Å². The zero-order valence-corrected chi connectivity index (χ0v) is 12.5. The summed E-state index contributed by atoms with van der Waals surface area (Å²) in [6.07, 6.45) is 3.97. The van der Waals surface area contributed by atoms with Crippen molar-refractivity contribution in [3.05, 3.63) is 36.7 Å². The van der Waals surface area contributed by atoms with Gasteiger partial charge in [-0.15, -0.1) is 6.58 Å². The van der Waals surface area contributed by atoms with Gasteiger partial charge in [-0.25, -0.2) is 14.3 Å². The third-order valence-electron chi connectivity index (χ3n) is 3.06. The zero-order chi connectivity index (χ0) is 16.1. The van der Waals surface area contributed by atoms with Gasteiger partial charge in [-0.3, -0.25) is 10.1 Å². The van der Waals surface area contributed by atoms with E-state index in [4.69, 9.17) is 0 Å². The Hall–Kier alpha value is -2.90. The van der Waals surface area contributed by atoms with Gasteiger partial charge in [0.1, 0.15) is 5.69 Å². The average Bonchev–Trinajstić information content (AvgIpc) is 2.93. The molecule has 2 rings (SSSR count). The fourth-order valence-corrected chi connectivity index (χ4v) is 1.81. The van der Waals surface area contributed by atoms with Gasteiger partial charge in [0, 0.05) is 13.1 Å². The van der Waals surface area contributed by atoms with Crippen LogP contribution in [0.25, 0.3) is 5.65 Å². The molecular formula is C14H18N6O2. The monoisotopic (exact) mass is 302 g/mol. The lowest BCUT2D eigenvalue weighted by Gasteiger charge is -2.11. The fraction of sp³-hybridized carbons (Fsp3) is 0.286. The highest BCUT2D eigenvalue weighted by molar-refractivity contribution is 5.92. The van der Waals surface area contributed by atoms with Crippen LogP contribution < -0.4 is 16.0 Å². The van der Waals surface area contributed by atoms with Crippen molar-refractivity contribution < 1.29 is 9.59 Å². The van der Waals surface area contributed by atoms with Crippen LogP contribution in [0, 0.1) is 0 Å². The fourth-order valence-electron chi connectivity index (χ4n) is 1.81. The van der Waals surface area contributed by atoms with Crippen LogP contribution in [-0.4, -0.2) is 39.6 Å². The van der Waals surface area contributed by atoms with Crippen molar-refractivity contribution >= 4 is 23.4 Å². The Balaban J connectivity index is 2.21. The Labute approximate surface area is 127 Å². The van der Waals surface area contributed by atoms with Crippen molar-refractivity contribution in [2.75, 3.05) is 12.4 Å². The van der Waals surface area contributed by atoms with E-state index in [0.29, 0.717) is 11.5 Å². The van der Waals surface area contributed by atoms with Crippen molar-refractivity contribution in [1.29, 1.82) is 0 Å². The summed E-state index contributed by atoms with van der Waals surface area (Å²) >= 11 is 0. The van der Waals surface area contributed by atoms with E-state index in [-0.39, 0.29) is 23.7 Å². The quantitative estimate of drug-likeness (QED) is 0.722. The maximum atomic E-state index is 12.1. The summed E-state index contributed by atoms with van der Waals surface area (Å²) < 4.78 is 1.44. The molecule has 0 spiro atoms. The Morgan fingerprint density at radius 3 is 2.86 bits per heavy atom. The molecule has 3 amide bonds. The number of hydrogen-bond acceptors (Lipinski definition) is 4. The first kappa shape index (κ1) is 15.5. The highest BCUT2D eigenvalue weighted by Gasteiger charge is 2.13. The Bertz CT molecular complexity index is 708. The lowest BCUT2D eigenvalue weighted by atomic mass is 10.2. The summed E-state index contributed by atoms with van der Waals surface area (Å²) in [5.41, 5.74) is 0.787. The van der Waals surface area contributed by atoms with Crippen LogP contribution in [-0.2, 0) is 0 Å². The van der Waals surface area contributed by atoms with Crippen molar-refractivity contribution in [3.8, 4) is 0 Å². The molecule has 0 aliphatic rings. The molecule has 1 unspecified atom stereocenters. The lowest BCUT2D eigenvalue weighted by Crippen LogP contribution is -2.33. The maximum absolute atomic E-state index is 12.1. The van der Waals surface area contributed by atoms with Crippen molar-refractivity contribution in [3.63, 3.8) is 0 Å². The molecule has 1 atom stereocenters. The van der Waals surface area contributed by atoms with E-state index in [0.717, 1.165) is 6.42 Å². The number of nitrogens with zero attached hydrogens (tertiary/aromatic N) is 3. The van der Waals surface area contributed by atoms with Crippen molar-refractivity contribution in [2.45, 2.75) is 19.4 Å². The second kappa shape index (κ2) is 6.70. The predicted molar refractivity (Wildman–Crippen MR) is 82.8 cm³/mol. The number of fused-ring (bicyclic) bond motifs is 1. The molecule has 0 saturated heterocycles. The average molecular weight is 302 g/mol. The summed E-state index contributed by atoms with van der Waals surface area (Å²) in [4.78, 5) is 27.5.